The lowest BCUT2D eigenvalue weighted by molar-refractivity contribution is 0.203. The van der Waals surface area contributed by atoms with Gasteiger partial charge in [0.25, 0.3) is 0 Å². The first-order valence-corrected chi connectivity index (χ1v) is 6.76. The summed E-state index contributed by atoms with van der Waals surface area (Å²) >= 11 is 1.62. The summed E-state index contributed by atoms with van der Waals surface area (Å²) < 4.78 is 1.51. The van der Waals surface area contributed by atoms with Crippen LogP contribution in [0.3, 0.4) is 0 Å². The zero-order valence-corrected chi connectivity index (χ0v) is 11.8. The second-order valence-electron chi connectivity index (χ2n) is 4.35. The van der Waals surface area contributed by atoms with Crippen molar-refractivity contribution < 1.29 is 9.90 Å². The van der Waals surface area contributed by atoms with Crippen molar-refractivity contribution in [1.82, 2.24) is 14.6 Å². The first-order chi connectivity index (χ1) is 9.56. The molecule has 0 spiro atoms. The molecule has 6 nitrogen and oxygen atoms in total. The van der Waals surface area contributed by atoms with Crippen molar-refractivity contribution in [2.24, 2.45) is 0 Å². The van der Waals surface area contributed by atoms with Crippen LogP contribution < -0.4 is 4.90 Å². The highest BCUT2D eigenvalue weighted by Gasteiger charge is 2.16. The molecule has 3 aromatic rings. The van der Waals surface area contributed by atoms with Crippen LogP contribution in [0.4, 0.5) is 10.6 Å². The number of carbonyl (C=O) groups is 1. The van der Waals surface area contributed by atoms with Gasteiger partial charge in [0.2, 0.25) is 0 Å². The van der Waals surface area contributed by atoms with E-state index in [9.17, 15) is 4.79 Å². The van der Waals surface area contributed by atoms with Gasteiger partial charge in [-0.2, -0.15) is 9.61 Å². The minimum absolute atomic E-state index is 0.466. The molecule has 0 fully saturated rings. The molecule has 20 heavy (non-hydrogen) atoms. The molecule has 3 heterocycles. The Kier molecular flexibility index (Phi) is 2.90. The van der Waals surface area contributed by atoms with Gasteiger partial charge in [0.05, 0.1) is 16.8 Å². The normalized spacial score (nSPS) is 10.9. The minimum atomic E-state index is -1.04. The monoisotopic (exact) mass is 288 g/mol. The third-order valence-corrected chi connectivity index (χ3v) is 3.99. The molecular formula is C13H12N4O2S. The van der Waals surface area contributed by atoms with E-state index in [0.29, 0.717) is 11.5 Å². The Labute approximate surface area is 118 Å². The molecule has 0 aliphatic carbocycles. The maximum absolute atomic E-state index is 11.2. The van der Waals surface area contributed by atoms with Gasteiger partial charge in [0.1, 0.15) is 5.82 Å². The molecule has 0 saturated carbocycles. The van der Waals surface area contributed by atoms with E-state index in [2.05, 4.69) is 10.1 Å². The molecule has 7 heteroatoms. The number of hydrogen-bond acceptors (Lipinski definition) is 4. The Balaban J connectivity index is 2.22. The van der Waals surface area contributed by atoms with Gasteiger partial charge in [-0.1, -0.05) is 0 Å². The average Bonchev–Trinajstić information content (AvgIpc) is 3.04. The van der Waals surface area contributed by atoms with Crippen LogP contribution in [-0.2, 0) is 0 Å². The number of carboxylic acid groups (broad SMARTS) is 1. The molecular weight excluding hydrogens is 276 g/mol. The predicted molar refractivity (Wildman–Crippen MR) is 77.5 cm³/mol. The summed E-state index contributed by atoms with van der Waals surface area (Å²) in [5.74, 6) is 0.466. The van der Waals surface area contributed by atoms with E-state index < -0.39 is 6.09 Å². The zero-order chi connectivity index (χ0) is 14.3. The van der Waals surface area contributed by atoms with Gasteiger partial charge in [-0.05, 0) is 19.1 Å². The first kappa shape index (κ1) is 12.6. The van der Waals surface area contributed by atoms with E-state index in [0.717, 1.165) is 15.5 Å². The van der Waals surface area contributed by atoms with E-state index in [1.54, 1.807) is 29.7 Å². The van der Waals surface area contributed by atoms with Crippen molar-refractivity contribution >= 4 is 28.9 Å². The lowest BCUT2D eigenvalue weighted by Gasteiger charge is -2.15. The number of hydrogen-bond donors (Lipinski definition) is 1. The lowest BCUT2D eigenvalue weighted by atomic mass is 10.3. The van der Waals surface area contributed by atoms with E-state index in [1.165, 1.54) is 16.4 Å². The molecule has 3 aromatic heterocycles. The summed E-state index contributed by atoms with van der Waals surface area (Å²) in [6.07, 6.45) is 0.562. The Morgan fingerprint density at radius 1 is 1.40 bits per heavy atom. The summed E-state index contributed by atoms with van der Waals surface area (Å²) in [7, 11) is 1.49. The van der Waals surface area contributed by atoms with Crippen LogP contribution in [0.1, 0.15) is 4.88 Å². The number of rotatable bonds is 2. The maximum Gasteiger partial charge on any atom is 0.412 e. The van der Waals surface area contributed by atoms with Crippen molar-refractivity contribution in [3.63, 3.8) is 0 Å². The lowest BCUT2D eigenvalue weighted by Crippen LogP contribution is -2.26. The highest BCUT2D eigenvalue weighted by molar-refractivity contribution is 7.15. The fourth-order valence-electron chi connectivity index (χ4n) is 1.93. The van der Waals surface area contributed by atoms with Gasteiger partial charge in [-0.3, -0.25) is 4.90 Å². The van der Waals surface area contributed by atoms with Gasteiger partial charge in [0.15, 0.2) is 5.65 Å². The average molecular weight is 288 g/mol. The highest BCUT2D eigenvalue weighted by atomic mass is 32.1. The number of aryl methyl sites for hydroxylation is 1. The maximum atomic E-state index is 11.2. The standard InChI is InChI=1S/C13H12N4O2S/c1-8-3-4-10(20-8)9-7-12(16(2)13(18)19)17-11(15-9)5-6-14-17/h3-7H,1-2H3,(H,18,19). The third kappa shape index (κ3) is 2.01. The van der Waals surface area contributed by atoms with Crippen molar-refractivity contribution in [2.75, 3.05) is 11.9 Å². The van der Waals surface area contributed by atoms with Crippen LogP contribution in [0.2, 0.25) is 0 Å². The summed E-state index contributed by atoms with van der Waals surface area (Å²) in [4.78, 5) is 19.0. The zero-order valence-electron chi connectivity index (χ0n) is 10.9. The van der Waals surface area contributed by atoms with Crippen LogP contribution in [-0.4, -0.2) is 32.8 Å². The quantitative estimate of drug-likeness (QED) is 0.787. The molecule has 0 aliphatic heterocycles. The second-order valence-corrected chi connectivity index (χ2v) is 5.64. The molecule has 3 rings (SSSR count). The van der Waals surface area contributed by atoms with Gasteiger partial charge >= 0.3 is 6.09 Å². The fraction of sp³-hybridized carbons (Fsp3) is 0.154. The van der Waals surface area contributed by atoms with Crippen LogP contribution in [0.5, 0.6) is 0 Å². The van der Waals surface area contributed by atoms with Crippen molar-refractivity contribution in [3.8, 4) is 10.6 Å². The third-order valence-electron chi connectivity index (χ3n) is 2.96. The number of thiophene rings is 1. The van der Waals surface area contributed by atoms with Crippen LogP contribution in [0.25, 0.3) is 16.2 Å². The van der Waals surface area contributed by atoms with E-state index in [4.69, 9.17) is 5.11 Å². The first-order valence-electron chi connectivity index (χ1n) is 5.94. The number of fused-ring (bicyclic) bond motifs is 1. The summed E-state index contributed by atoms with van der Waals surface area (Å²) in [5, 5.41) is 13.3. The van der Waals surface area contributed by atoms with Gasteiger partial charge in [0, 0.05) is 24.1 Å². The summed E-state index contributed by atoms with van der Waals surface area (Å²) in [6.45, 7) is 2.02. The molecule has 0 aromatic carbocycles. The van der Waals surface area contributed by atoms with E-state index >= 15 is 0 Å². The van der Waals surface area contributed by atoms with Crippen molar-refractivity contribution in [1.29, 1.82) is 0 Å². The van der Waals surface area contributed by atoms with Crippen LogP contribution in [0, 0.1) is 6.92 Å². The van der Waals surface area contributed by atoms with Crippen molar-refractivity contribution in [3.05, 3.63) is 35.3 Å². The number of anilines is 1. The minimum Gasteiger partial charge on any atom is -0.465 e. The van der Waals surface area contributed by atoms with E-state index in [-0.39, 0.29) is 0 Å². The molecule has 0 unspecified atom stereocenters. The van der Waals surface area contributed by atoms with Gasteiger partial charge in [-0.15, -0.1) is 11.3 Å². The largest absolute Gasteiger partial charge is 0.465 e. The van der Waals surface area contributed by atoms with Crippen LogP contribution in [0.15, 0.2) is 30.5 Å². The van der Waals surface area contributed by atoms with Crippen molar-refractivity contribution in [2.45, 2.75) is 6.92 Å². The smallest absolute Gasteiger partial charge is 0.412 e. The molecule has 0 atom stereocenters. The molecule has 0 saturated heterocycles. The SMILES string of the molecule is Cc1ccc(-c2cc(N(C)C(=O)O)n3nccc3n2)s1. The molecule has 102 valence electrons. The van der Waals surface area contributed by atoms with E-state index in [1.807, 2.05) is 19.1 Å². The highest BCUT2D eigenvalue weighted by Crippen LogP contribution is 2.29. The summed E-state index contributed by atoms with van der Waals surface area (Å²) in [6, 6.07) is 7.49. The molecule has 0 aliphatic rings. The molecule has 0 radical (unpaired) electrons. The number of aromatic nitrogens is 3. The molecule has 0 bridgehead atoms. The van der Waals surface area contributed by atoms with Gasteiger partial charge < -0.3 is 5.11 Å². The second kappa shape index (κ2) is 4.61. The Morgan fingerprint density at radius 3 is 2.85 bits per heavy atom. The number of nitrogens with zero attached hydrogens (tertiary/aromatic N) is 4. The Bertz CT molecular complexity index is 793. The predicted octanol–water partition coefficient (Wildman–Crippen LogP) is 2.88. The topological polar surface area (TPSA) is 70.7 Å². The molecule has 1 N–H and O–H groups in total. The Hall–Kier alpha value is -2.41. The fourth-order valence-corrected chi connectivity index (χ4v) is 2.76. The Morgan fingerprint density at radius 2 is 2.20 bits per heavy atom. The summed E-state index contributed by atoms with van der Waals surface area (Å²) in [5.41, 5.74) is 1.37. The van der Waals surface area contributed by atoms with Crippen LogP contribution >= 0.6 is 11.3 Å². The molecule has 1 amide bonds. The van der Waals surface area contributed by atoms with Gasteiger partial charge in [-0.25, -0.2) is 9.78 Å². The number of amides is 1.